The molecule has 0 radical (unpaired) electrons. The van der Waals surface area contributed by atoms with Crippen LogP contribution in [0.5, 0.6) is 0 Å². The Balaban J connectivity index is 2.10. The smallest absolute Gasteiger partial charge is 0.254 e. The molecule has 1 aromatic heterocycles. The van der Waals surface area contributed by atoms with Gasteiger partial charge in [-0.1, -0.05) is 13.0 Å². The number of amides is 2. The molecule has 1 heterocycles. The van der Waals surface area contributed by atoms with E-state index in [9.17, 15) is 9.59 Å². The first-order valence-electron chi connectivity index (χ1n) is 6.71. The van der Waals surface area contributed by atoms with Gasteiger partial charge in [-0.2, -0.15) is 0 Å². The first-order valence-corrected chi connectivity index (χ1v) is 6.71. The zero-order valence-corrected chi connectivity index (χ0v) is 11.8. The number of fused-ring (bicyclic) bond motifs is 1. The van der Waals surface area contributed by atoms with E-state index in [1.807, 2.05) is 25.1 Å². The lowest BCUT2D eigenvalue weighted by atomic mass is 10.1. The lowest BCUT2D eigenvalue weighted by Gasteiger charge is -2.17. The summed E-state index contributed by atoms with van der Waals surface area (Å²) in [5.41, 5.74) is 1.52. The van der Waals surface area contributed by atoms with Crippen molar-refractivity contribution in [1.82, 2.24) is 15.2 Å². The topological polar surface area (TPSA) is 65.2 Å². The molecule has 0 atom stereocenters. The van der Waals surface area contributed by atoms with Crippen molar-refractivity contribution in [3.63, 3.8) is 0 Å². The molecule has 0 spiro atoms. The van der Waals surface area contributed by atoms with Gasteiger partial charge in [-0.15, -0.1) is 0 Å². The highest BCUT2D eigenvalue weighted by Gasteiger charge is 2.17. The number of nitrogens with one attached hydrogen (secondary N) is 2. The molecule has 0 unspecified atom stereocenters. The van der Waals surface area contributed by atoms with Crippen molar-refractivity contribution in [3.05, 3.63) is 36.0 Å². The summed E-state index contributed by atoms with van der Waals surface area (Å²) in [5, 5.41) is 3.64. The van der Waals surface area contributed by atoms with Gasteiger partial charge in [0, 0.05) is 36.3 Å². The maximum Gasteiger partial charge on any atom is 0.254 e. The summed E-state index contributed by atoms with van der Waals surface area (Å²) < 4.78 is 0. The summed E-state index contributed by atoms with van der Waals surface area (Å²) in [6, 6.07) is 7.39. The molecule has 106 valence electrons. The van der Waals surface area contributed by atoms with Crippen LogP contribution in [0.2, 0.25) is 0 Å². The lowest BCUT2D eigenvalue weighted by Crippen LogP contribution is -2.38. The first kappa shape index (κ1) is 14.1. The predicted octanol–water partition coefficient (Wildman–Crippen LogP) is 1.77. The summed E-state index contributed by atoms with van der Waals surface area (Å²) in [5.74, 6) is -0.286. The van der Waals surface area contributed by atoms with Gasteiger partial charge < -0.3 is 15.2 Å². The molecule has 0 saturated carbocycles. The van der Waals surface area contributed by atoms with Crippen LogP contribution in [0.3, 0.4) is 0 Å². The molecule has 2 amide bonds. The van der Waals surface area contributed by atoms with E-state index < -0.39 is 0 Å². The molecule has 0 bridgehead atoms. The van der Waals surface area contributed by atoms with Gasteiger partial charge >= 0.3 is 0 Å². The number of nitrogens with zero attached hydrogens (tertiary/aromatic N) is 1. The van der Waals surface area contributed by atoms with Crippen LogP contribution in [-0.4, -0.2) is 41.8 Å². The van der Waals surface area contributed by atoms with Crippen molar-refractivity contribution in [2.24, 2.45) is 0 Å². The van der Waals surface area contributed by atoms with E-state index in [0.29, 0.717) is 12.1 Å². The molecule has 2 N–H and O–H groups in total. The Kier molecular flexibility index (Phi) is 4.40. The number of carbonyl (C=O) groups is 2. The highest BCUT2D eigenvalue weighted by molar-refractivity contribution is 6.07. The third kappa shape index (κ3) is 2.99. The highest BCUT2D eigenvalue weighted by Crippen LogP contribution is 2.18. The minimum absolute atomic E-state index is 0.0691. The third-order valence-electron chi connectivity index (χ3n) is 3.13. The zero-order valence-electron chi connectivity index (χ0n) is 11.8. The zero-order chi connectivity index (χ0) is 14.5. The van der Waals surface area contributed by atoms with Crippen LogP contribution in [0.4, 0.5) is 0 Å². The summed E-state index contributed by atoms with van der Waals surface area (Å²) >= 11 is 0. The lowest BCUT2D eigenvalue weighted by molar-refractivity contribution is -0.121. The van der Waals surface area contributed by atoms with E-state index in [1.165, 1.54) is 4.90 Å². The fraction of sp³-hybridized carbons (Fsp3) is 0.333. The van der Waals surface area contributed by atoms with Crippen LogP contribution in [0, 0.1) is 0 Å². The van der Waals surface area contributed by atoms with Crippen LogP contribution in [-0.2, 0) is 4.79 Å². The summed E-state index contributed by atoms with van der Waals surface area (Å²) in [6.45, 7) is 2.69. The molecule has 0 saturated heterocycles. The van der Waals surface area contributed by atoms with Gasteiger partial charge in [0.1, 0.15) is 0 Å². The normalized spacial score (nSPS) is 10.5. The Morgan fingerprint density at radius 1 is 1.30 bits per heavy atom. The van der Waals surface area contributed by atoms with Crippen LogP contribution in [0.1, 0.15) is 23.7 Å². The summed E-state index contributed by atoms with van der Waals surface area (Å²) in [4.78, 5) is 28.6. The Hall–Kier alpha value is -2.30. The number of hydrogen-bond donors (Lipinski definition) is 2. The summed E-state index contributed by atoms with van der Waals surface area (Å²) in [7, 11) is 1.64. The van der Waals surface area contributed by atoms with E-state index in [4.69, 9.17) is 0 Å². The molecule has 1 aromatic carbocycles. The van der Waals surface area contributed by atoms with Gasteiger partial charge in [-0.05, 0) is 24.6 Å². The second kappa shape index (κ2) is 6.23. The minimum Gasteiger partial charge on any atom is -0.361 e. The number of carbonyl (C=O) groups excluding carboxylic acids is 2. The van der Waals surface area contributed by atoms with Gasteiger partial charge in [0.25, 0.3) is 5.91 Å². The van der Waals surface area contributed by atoms with Crippen LogP contribution in [0.25, 0.3) is 10.9 Å². The quantitative estimate of drug-likeness (QED) is 0.872. The maximum absolute atomic E-state index is 12.4. The SMILES string of the molecule is CCCNC(=O)CN(C)C(=O)c1cccc2[nH]ccc12. The molecular weight excluding hydrogens is 254 g/mol. The van der Waals surface area contributed by atoms with E-state index in [2.05, 4.69) is 10.3 Å². The van der Waals surface area contributed by atoms with Crippen molar-refractivity contribution >= 4 is 22.7 Å². The number of benzene rings is 1. The number of rotatable bonds is 5. The number of aromatic amines is 1. The molecule has 0 aliphatic carbocycles. The molecule has 20 heavy (non-hydrogen) atoms. The fourth-order valence-electron chi connectivity index (χ4n) is 2.09. The monoisotopic (exact) mass is 273 g/mol. The molecular formula is C15H19N3O2. The Morgan fingerprint density at radius 3 is 2.85 bits per heavy atom. The standard InChI is InChI=1S/C15H19N3O2/c1-3-8-17-14(19)10-18(2)15(20)12-5-4-6-13-11(12)7-9-16-13/h4-7,9,16H,3,8,10H2,1-2H3,(H,17,19). The fourth-order valence-corrected chi connectivity index (χ4v) is 2.09. The van der Waals surface area contributed by atoms with Crippen LogP contribution >= 0.6 is 0 Å². The molecule has 5 nitrogen and oxygen atoms in total. The molecule has 2 rings (SSSR count). The van der Waals surface area contributed by atoms with Crippen molar-refractivity contribution in [2.45, 2.75) is 13.3 Å². The minimum atomic E-state index is -0.151. The molecule has 0 aliphatic heterocycles. The summed E-state index contributed by atoms with van der Waals surface area (Å²) in [6.07, 6.45) is 2.68. The number of H-pyrrole nitrogens is 1. The van der Waals surface area contributed by atoms with E-state index in [-0.39, 0.29) is 18.4 Å². The van der Waals surface area contributed by atoms with Crippen molar-refractivity contribution in [2.75, 3.05) is 20.1 Å². The average molecular weight is 273 g/mol. The number of hydrogen-bond acceptors (Lipinski definition) is 2. The molecule has 0 aliphatic rings. The van der Waals surface area contributed by atoms with Crippen molar-refractivity contribution in [1.29, 1.82) is 0 Å². The second-order valence-corrected chi connectivity index (χ2v) is 4.76. The molecule has 0 fully saturated rings. The van der Waals surface area contributed by atoms with Gasteiger partial charge in [0.05, 0.1) is 6.54 Å². The van der Waals surface area contributed by atoms with Gasteiger partial charge in [0.15, 0.2) is 0 Å². The van der Waals surface area contributed by atoms with Gasteiger partial charge in [-0.3, -0.25) is 9.59 Å². The van der Waals surface area contributed by atoms with Crippen LogP contribution < -0.4 is 5.32 Å². The Morgan fingerprint density at radius 2 is 2.10 bits per heavy atom. The Bertz CT molecular complexity index is 618. The Labute approximate surface area is 118 Å². The van der Waals surface area contributed by atoms with Gasteiger partial charge in [0.2, 0.25) is 5.91 Å². The van der Waals surface area contributed by atoms with Gasteiger partial charge in [-0.25, -0.2) is 0 Å². The molecule has 5 heteroatoms. The highest BCUT2D eigenvalue weighted by atomic mass is 16.2. The largest absolute Gasteiger partial charge is 0.361 e. The van der Waals surface area contributed by atoms with Crippen molar-refractivity contribution < 1.29 is 9.59 Å². The first-order chi connectivity index (χ1) is 9.63. The van der Waals surface area contributed by atoms with E-state index in [1.54, 1.807) is 19.3 Å². The van der Waals surface area contributed by atoms with Crippen molar-refractivity contribution in [3.8, 4) is 0 Å². The maximum atomic E-state index is 12.4. The average Bonchev–Trinajstić information content (AvgIpc) is 2.92. The van der Waals surface area contributed by atoms with Crippen LogP contribution in [0.15, 0.2) is 30.5 Å². The van der Waals surface area contributed by atoms with E-state index in [0.717, 1.165) is 17.3 Å². The predicted molar refractivity (Wildman–Crippen MR) is 78.6 cm³/mol. The number of likely N-dealkylation sites (N-methyl/N-ethyl adjacent to an activating group) is 1. The molecule has 2 aromatic rings. The third-order valence-corrected chi connectivity index (χ3v) is 3.13. The second-order valence-electron chi connectivity index (χ2n) is 4.76. The number of aromatic nitrogens is 1. The van der Waals surface area contributed by atoms with E-state index >= 15 is 0 Å².